The van der Waals surface area contributed by atoms with Crippen molar-refractivity contribution in [2.75, 3.05) is 14.1 Å². The van der Waals surface area contributed by atoms with Crippen LogP contribution in [0.3, 0.4) is 0 Å². The van der Waals surface area contributed by atoms with E-state index in [4.69, 9.17) is 0 Å². The first kappa shape index (κ1) is 29.5. The summed E-state index contributed by atoms with van der Waals surface area (Å²) in [6.07, 6.45) is 0. The Morgan fingerprint density at radius 1 is 0.618 bits per heavy atom. The van der Waals surface area contributed by atoms with E-state index in [9.17, 15) is 9.59 Å². The highest BCUT2D eigenvalue weighted by atomic mass is 16.2. The van der Waals surface area contributed by atoms with E-state index >= 15 is 0 Å². The number of carbonyl (C=O) groups excluding carboxylic acids is 2. The molecule has 0 unspecified atom stereocenters. The van der Waals surface area contributed by atoms with Crippen molar-refractivity contribution in [1.29, 1.82) is 0 Å². The van der Waals surface area contributed by atoms with E-state index in [1.54, 1.807) is 33.7 Å². The van der Waals surface area contributed by atoms with Gasteiger partial charge in [0.1, 0.15) is 11.3 Å². The van der Waals surface area contributed by atoms with Crippen LogP contribution in [0.1, 0.15) is 83.1 Å². The van der Waals surface area contributed by atoms with Gasteiger partial charge < -0.3 is 20.4 Å². The number of amides is 4. The van der Waals surface area contributed by atoms with E-state index in [-0.39, 0.29) is 36.2 Å². The van der Waals surface area contributed by atoms with Crippen LogP contribution in [-0.4, -0.2) is 93.2 Å². The highest BCUT2D eigenvalue weighted by Crippen LogP contribution is 2.21. The Hall–Kier alpha value is -2.52. The lowest BCUT2D eigenvalue weighted by atomic mass is 10.1. The number of urea groups is 2. The maximum Gasteiger partial charge on any atom is 0.328 e. The molecule has 0 aliphatic carbocycles. The van der Waals surface area contributed by atoms with Crippen LogP contribution in [0.4, 0.5) is 9.59 Å². The van der Waals surface area contributed by atoms with Crippen molar-refractivity contribution >= 4 is 24.0 Å². The topological polar surface area (TPSA) is 95.9 Å². The fraction of sp³-hybridized carbons (Fsp3) is 0.833. The molecule has 0 aromatic heterocycles. The number of guanidine groups is 2. The molecule has 4 amide bonds. The molecule has 2 rings (SSSR count). The lowest BCUT2D eigenvalue weighted by Crippen LogP contribution is -2.70. The van der Waals surface area contributed by atoms with E-state index in [0.717, 1.165) is 0 Å². The summed E-state index contributed by atoms with van der Waals surface area (Å²) in [6, 6.07) is 0.472. The molecule has 0 bridgehead atoms. The van der Waals surface area contributed by atoms with Gasteiger partial charge in [0.15, 0.2) is 0 Å². The Bertz CT molecular complexity index is 733. The van der Waals surface area contributed by atoms with E-state index in [0.29, 0.717) is 11.9 Å². The largest absolute Gasteiger partial charge is 0.333 e. The van der Waals surface area contributed by atoms with Crippen molar-refractivity contribution < 1.29 is 9.59 Å². The Balaban J connectivity index is 0.000000340. The standard InChI is InChI=1S/2C12H24N4O/c2*1-8(2)13-10-14-12(5,6)15(7)11(17)16(10)9(3)4/h2*8-9H,1-7H3,(H,13,14). The van der Waals surface area contributed by atoms with Crippen molar-refractivity contribution in [3.8, 4) is 0 Å². The van der Waals surface area contributed by atoms with Crippen molar-refractivity contribution in [3.63, 3.8) is 0 Å². The molecule has 2 N–H and O–H groups in total. The molecular weight excluding hydrogens is 432 g/mol. The maximum atomic E-state index is 12.3. The summed E-state index contributed by atoms with van der Waals surface area (Å²) in [5.74, 6) is 1.34. The minimum Gasteiger partial charge on any atom is -0.333 e. The third-order valence-electron chi connectivity index (χ3n) is 5.75. The van der Waals surface area contributed by atoms with Crippen LogP contribution in [0, 0.1) is 0 Å². The third kappa shape index (κ3) is 6.76. The SMILES string of the molecule is CC(C)N=C1NC(C)(C)N(C)C(=O)N1C(C)C.CC(C)N=C1NC(C)(C)N(C)C(=O)N1C(C)C. The normalized spacial score (nSPS) is 22.6. The van der Waals surface area contributed by atoms with Gasteiger partial charge in [-0.15, -0.1) is 0 Å². The Morgan fingerprint density at radius 3 is 1.09 bits per heavy atom. The molecule has 2 aliphatic rings. The predicted molar refractivity (Wildman–Crippen MR) is 140 cm³/mol. The molecule has 0 radical (unpaired) electrons. The third-order valence-corrected chi connectivity index (χ3v) is 5.75. The number of nitrogens with zero attached hydrogens (tertiary/aromatic N) is 6. The van der Waals surface area contributed by atoms with Crippen molar-refractivity contribution in [2.24, 2.45) is 9.98 Å². The molecule has 2 saturated heterocycles. The van der Waals surface area contributed by atoms with Crippen LogP contribution in [-0.2, 0) is 0 Å². The van der Waals surface area contributed by atoms with Crippen LogP contribution in [0.5, 0.6) is 0 Å². The average molecular weight is 481 g/mol. The van der Waals surface area contributed by atoms with Gasteiger partial charge in [0.2, 0.25) is 11.9 Å². The molecule has 0 aromatic carbocycles. The van der Waals surface area contributed by atoms with E-state index in [1.165, 1.54) is 0 Å². The molecule has 196 valence electrons. The molecule has 2 heterocycles. The molecular formula is C24H48N8O2. The first-order valence-electron chi connectivity index (χ1n) is 12.2. The molecule has 2 aliphatic heterocycles. The molecule has 10 heteroatoms. The van der Waals surface area contributed by atoms with Gasteiger partial charge in [0.25, 0.3) is 0 Å². The fourth-order valence-corrected chi connectivity index (χ4v) is 3.43. The fourth-order valence-electron chi connectivity index (χ4n) is 3.43. The molecule has 0 aromatic rings. The zero-order chi connectivity index (χ0) is 26.8. The number of rotatable bonds is 4. The summed E-state index contributed by atoms with van der Waals surface area (Å²) in [5, 5.41) is 6.63. The zero-order valence-electron chi connectivity index (χ0n) is 23.8. The highest BCUT2D eigenvalue weighted by molar-refractivity contribution is 6.00. The van der Waals surface area contributed by atoms with E-state index in [1.807, 2.05) is 83.1 Å². The minimum atomic E-state index is -0.407. The summed E-state index contributed by atoms with van der Waals surface area (Å²) < 4.78 is 0. The molecule has 0 spiro atoms. The number of hydrogen-bond donors (Lipinski definition) is 2. The van der Waals surface area contributed by atoms with Crippen molar-refractivity contribution in [2.45, 2.75) is 119 Å². The van der Waals surface area contributed by atoms with E-state index < -0.39 is 11.3 Å². The van der Waals surface area contributed by atoms with Gasteiger partial charge in [-0.2, -0.15) is 0 Å². The minimum absolute atomic E-state index is 0.0110. The number of hydrogen-bond acceptors (Lipinski definition) is 4. The zero-order valence-corrected chi connectivity index (χ0v) is 23.8. The number of nitrogens with one attached hydrogen (secondary N) is 2. The summed E-state index contributed by atoms with van der Waals surface area (Å²) in [5.41, 5.74) is -0.813. The van der Waals surface area contributed by atoms with Crippen LogP contribution >= 0.6 is 0 Å². The summed E-state index contributed by atoms with van der Waals surface area (Å²) in [6.45, 7) is 23.8. The highest BCUT2D eigenvalue weighted by Gasteiger charge is 2.41. The molecule has 0 saturated carbocycles. The monoisotopic (exact) mass is 480 g/mol. The van der Waals surface area contributed by atoms with Crippen molar-refractivity contribution in [3.05, 3.63) is 0 Å². The Kier molecular flexibility index (Phi) is 9.39. The van der Waals surface area contributed by atoms with Gasteiger partial charge in [-0.1, -0.05) is 0 Å². The number of aliphatic imine (C=N–C) groups is 2. The van der Waals surface area contributed by atoms with Gasteiger partial charge in [-0.25, -0.2) is 19.6 Å². The summed E-state index contributed by atoms with van der Waals surface area (Å²) in [7, 11) is 3.60. The van der Waals surface area contributed by atoms with Crippen LogP contribution in [0.15, 0.2) is 9.98 Å². The van der Waals surface area contributed by atoms with Crippen molar-refractivity contribution in [1.82, 2.24) is 30.2 Å². The van der Waals surface area contributed by atoms with Gasteiger partial charge in [0.05, 0.1) is 0 Å². The Labute approximate surface area is 206 Å². The second kappa shape index (κ2) is 10.8. The molecule has 10 nitrogen and oxygen atoms in total. The smallest absolute Gasteiger partial charge is 0.328 e. The van der Waals surface area contributed by atoms with E-state index in [2.05, 4.69) is 20.6 Å². The van der Waals surface area contributed by atoms with Crippen LogP contribution < -0.4 is 10.6 Å². The first-order chi connectivity index (χ1) is 15.3. The summed E-state index contributed by atoms with van der Waals surface area (Å²) in [4.78, 5) is 40.4. The second-order valence-corrected chi connectivity index (χ2v) is 11.1. The lowest BCUT2D eigenvalue weighted by molar-refractivity contribution is 0.0977. The van der Waals surface area contributed by atoms with Gasteiger partial charge in [-0.05, 0) is 83.1 Å². The maximum absolute atomic E-state index is 12.3. The predicted octanol–water partition coefficient (Wildman–Crippen LogP) is 3.70. The van der Waals surface area contributed by atoms with Crippen LogP contribution in [0.25, 0.3) is 0 Å². The van der Waals surface area contributed by atoms with Gasteiger partial charge >= 0.3 is 12.1 Å². The molecule has 0 atom stereocenters. The quantitative estimate of drug-likeness (QED) is 0.641. The Morgan fingerprint density at radius 2 is 0.882 bits per heavy atom. The average Bonchev–Trinajstić information content (AvgIpc) is 2.63. The lowest BCUT2D eigenvalue weighted by Gasteiger charge is -2.47. The molecule has 2 fully saturated rings. The number of carbonyl (C=O) groups is 2. The van der Waals surface area contributed by atoms with Crippen LogP contribution in [0.2, 0.25) is 0 Å². The van der Waals surface area contributed by atoms with Gasteiger partial charge in [-0.3, -0.25) is 9.80 Å². The molecule has 34 heavy (non-hydrogen) atoms. The first-order valence-corrected chi connectivity index (χ1v) is 12.2. The van der Waals surface area contributed by atoms with Gasteiger partial charge in [0, 0.05) is 38.3 Å². The summed E-state index contributed by atoms with van der Waals surface area (Å²) >= 11 is 0. The second-order valence-electron chi connectivity index (χ2n) is 11.1.